The molecule has 2 aromatic rings. The summed E-state index contributed by atoms with van der Waals surface area (Å²) in [6.07, 6.45) is 3.24. The van der Waals surface area contributed by atoms with Crippen molar-refractivity contribution in [1.82, 2.24) is 4.90 Å². The minimum absolute atomic E-state index is 0.122. The van der Waals surface area contributed by atoms with Crippen LogP contribution in [0.15, 0.2) is 48.2 Å². The summed E-state index contributed by atoms with van der Waals surface area (Å²) in [5.41, 5.74) is 4.00. The Bertz CT molecular complexity index is 976. The monoisotopic (exact) mass is 390 g/mol. The van der Waals surface area contributed by atoms with E-state index in [0.717, 1.165) is 48.4 Å². The van der Waals surface area contributed by atoms with Crippen LogP contribution in [0.25, 0.3) is 5.57 Å². The van der Waals surface area contributed by atoms with E-state index < -0.39 is 0 Å². The van der Waals surface area contributed by atoms with Crippen molar-refractivity contribution in [3.8, 4) is 23.3 Å². The number of nitrogens with zero attached hydrogens (tertiary/aromatic N) is 2. The molecule has 0 radical (unpaired) electrons. The molecule has 5 nitrogen and oxygen atoms in total. The number of rotatable bonds is 5. The van der Waals surface area contributed by atoms with Crippen LogP contribution in [-0.2, 0) is 0 Å². The van der Waals surface area contributed by atoms with Crippen LogP contribution < -0.4 is 14.2 Å². The maximum atomic E-state index is 10.1. The number of hydrogen-bond donors (Lipinski definition) is 0. The lowest BCUT2D eigenvalue weighted by Gasteiger charge is -2.38. The maximum Gasteiger partial charge on any atom is 0.161 e. The third-order valence-corrected chi connectivity index (χ3v) is 6.07. The third kappa shape index (κ3) is 3.40. The first-order valence-electron chi connectivity index (χ1n) is 9.97. The fraction of sp³-hybridized carbons (Fsp3) is 0.375. The van der Waals surface area contributed by atoms with Crippen LogP contribution in [0.5, 0.6) is 17.2 Å². The number of nitriles is 1. The second-order valence-electron chi connectivity index (χ2n) is 7.50. The van der Waals surface area contributed by atoms with Crippen molar-refractivity contribution in [2.24, 2.45) is 0 Å². The van der Waals surface area contributed by atoms with Gasteiger partial charge in [0.05, 0.1) is 21.3 Å². The van der Waals surface area contributed by atoms with E-state index in [1.54, 1.807) is 21.3 Å². The van der Waals surface area contributed by atoms with E-state index in [0.29, 0.717) is 17.5 Å². The largest absolute Gasteiger partial charge is 0.497 e. The Hall–Kier alpha value is -3.13. The molecular formula is C24H26N2O3. The molecule has 5 heteroatoms. The average Bonchev–Trinajstić information content (AvgIpc) is 3.25. The molecule has 1 saturated heterocycles. The van der Waals surface area contributed by atoms with Gasteiger partial charge < -0.3 is 19.1 Å². The summed E-state index contributed by atoms with van der Waals surface area (Å²) in [5, 5.41) is 10.1. The van der Waals surface area contributed by atoms with Crippen LogP contribution in [0, 0.1) is 11.3 Å². The molecule has 2 atom stereocenters. The highest BCUT2D eigenvalue weighted by Crippen LogP contribution is 2.48. The summed E-state index contributed by atoms with van der Waals surface area (Å²) in [6.45, 7) is 0.940. The van der Waals surface area contributed by atoms with Crippen LogP contribution in [0.1, 0.15) is 36.3 Å². The van der Waals surface area contributed by atoms with Gasteiger partial charge in [0.15, 0.2) is 11.5 Å². The minimum atomic E-state index is 0.122. The van der Waals surface area contributed by atoms with Gasteiger partial charge in [-0.25, -0.2) is 0 Å². The second kappa shape index (κ2) is 8.08. The van der Waals surface area contributed by atoms with Gasteiger partial charge in [0.1, 0.15) is 17.5 Å². The fourth-order valence-electron chi connectivity index (χ4n) is 4.71. The summed E-state index contributed by atoms with van der Waals surface area (Å²) in [4.78, 5) is 2.29. The quantitative estimate of drug-likeness (QED) is 0.747. The van der Waals surface area contributed by atoms with Gasteiger partial charge in [-0.3, -0.25) is 0 Å². The number of hydrogen-bond acceptors (Lipinski definition) is 5. The van der Waals surface area contributed by atoms with Gasteiger partial charge in [0.2, 0.25) is 0 Å². The van der Waals surface area contributed by atoms with Crippen LogP contribution in [0.2, 0.25) is 0 Å². The summed E-state index contributed by atoms with van der Waals surface area (Å²) in [7, 11) is 4.95. The molecule has 0 aromatic heterocycles. The first kappa shape index (κ1) is 19.2. The predicted octanol–water partition coefficient (Wildman–Crippen LogP) is 4.60. The average molecular weight is 390 g/mol. The lowest BCUT2D eigenvalue weighted by atomic mass is 9.78. The molecule has 2 heterocycles. The zero-order valence-corrected chi connectivity index (χ0v) is 17.1. The highest BCUT2D eigenvalue weighted by Gasteiger charge is 2.38. The molecule has 0 aliphatic carbocycles. The number of ether oxygens (including phenoxy) is 3. The van der Waals surface area contributed by atoms with Crippen LogP contribution in [-0.4, -0.2) is 38.8 Å². The molecule has 0 spiro atoms. The molecule has 0 saturated carbocycles. The normalized spacial score (nSPS) is 20.8. The Kier molecular flexibility index (Phi) is 5.35. The molecule has 150 valence electrons. The highest BCUT2D eigenvalue weighted by molar-refractivity contribution is 5.79. The van der Waals surface area contributed by atoms with Crippen LogP contribution >= 0.6 is 0 Å². The van der Waals surface area contributed by atoms with Crippen molar-refractivity contribution >= 4 is 5.57 Å². The minimum Gasteiger partial charge on any atom is -0.497 e. The lowest BCUT2D eigenvalue weighted by molar-refractivity contribution is 0.293. The van der Waals surface area contributed by atoms with Gasteiger partial charge >= 0.3 is 0 Å². The Morgan fingerprint density at radius 3 is 2.55 bits per heavy atom. The molecule has 1 fully saturated rings. The van der Waals surface area contributed by atoms with Gasteiger partial charge in [-0.15, -0.1) is 0 Å². The first-order chi connectivity index (χ1) is 14.2. The Morgan fingerprint density at radius 1 is 1.00 bits per heavy atom. The Morgan fingerprint density at radius 2 is 1.83 bits per heavy atom. The molecule has 0 N–H and O–H groups in total. The number of benzene rings is 2. The molecule has 0 unspecified atom stereocenters. The van der Waals surface area contributed by atoms with Crippen molar-refractivity contribution < 1.29 is 14.2 Å². The molecule has 2 aromatic carbocycles. The summed E-state index contributed by atoms with van der Waals surface area (Å²) in [5.74, 6) is 2.31. The Balaban J connectivity index is 1.90. The highest BCUT2D eigenvalue weighted by atomic mass is 16.5. The fourth-order valence-corrected chi connectivity index (χ4v) is 4.71. The van der Waals surface area contributed by atoms with Crippen molar-refractivity contribution in [1.29, 1.82) is 5.26 Å². The topological polar surface area (TPSA) is 54.7 Å². The van der Waals surface area contributed by atoms with E-state index in [1.807, 2.05) is 30.3 Å². The van der Waals surface area contributed by atoms with Gasteiger partial charge in [0, 0.05) is 24.1 Å². The number of allylic oxidation sites excluding steroid dienone is 2. The van der Waals surface area contributed by atoms with E-state index >= 15 is 0 Å². The van der Waals surface area contributed by atoms with E-state index in [-0.39, 0.29) is 5.92 Å². The van der Waals surface area contributed by atoms with E-state index in [4.69, 9.17) is 14.2 Å². The van der Waals surface area contributed by atoms with Crippen molar-refractivity contribution in [3.05, 3.63) is 59.3 Å². The molecule has 0 bridgehead atoms. The number of methoxy groups -OCH3 is 3. The molecule has 0 amide bonds. The lowest BCUT2D eigenvalue weighted by Crippen LogP contribution is -2.35. The predicted molar refractivity (Wildman–Crippen MR) is 112 cm³/mol. The van der Waals surface area contributed by atoms with Crippen LogP contribution in [0.4, 0.5) is 0 Å². The van der Waals surface area contributed by atoms with Crippen LogP contribution in [0.3, 0.4) is 0 Å². The maximum absolute atomic E-state index is 10.1. The van der Waals surface area contributed by atoms with E-state index in [9.17, 15) is 5.26 Å². The molecule has 4 rings (SSSR count). The van der Waals surface area contributed by atoms with Crippen molar-refractivity contribution in [2.45, 2.75) is 31.2 Å². The summed E-state index contributed by atoms with van der Waals surface area (Å²) < 4.78 is 16.4. The van der Waals surface area contributed by atoms with Crippen molar-refractivity contribution in [3.63, 3.8) is 0 Å². The molecule has 2 aliphatic heterocycles. The SMILES string of the molecule is COc1cccc([C@H]2C[C@H]3CCCN3C(C#N)=C2c2ccc(OC)c(OC)c2)c1. The molecule has 2 aliphatic rings. The molecule has 29 heavy (non-hydrogen) atoms. The standard InChI is InChI=1S/C24H26N2O3/c1-27-19-8-4-6-16(12-19)20-14-18-7-5-11-26(18)21(15-25)24(20)17-9-10-22(28-2)23(13-17)29-3/h4,6,8-10,12-13,18,20H,5,7,11,14H2,1-3H3/t18-,20-/m1/s1. The molecular weight excluding hydrogens is 364 g/mol. The van der Waals surface area contributed by atoms with Gasteiger partial charge in [-0.2, -0.15) is 5.26 Å². The van der Waals surface area contributed by atoms with Gasteiger partial charge in [0.25, 0.3) is 0 Å². The van der Waals surface area contributed by atoms with E-state index in [2.05, 4.69) is 23.1 Å². The van der Waals surface area contributed by atoms with E-state index in [1.165, 1.54) is 5.56 Å². The zero-order valence-electron chi connectivity index (χ0n) is 17.1. The van der Waals surface area contributed by atoms with Crippen molar-refractivity contribution in [2.75, 3.05) is 27.9 Å². The summed E-state index contributed by atoms with van der Waals surface area (Å²) >= 11 is 0. The second-order valence-corrected chi connectivity index (χ2v) is 7.50. The van der Waals surface area contributed by atoms with Gasteiger partial charge in [-0.1, -0.05) is 18.2 Å². The third-order valence-electron chi connectivity index (χ3n) is 6.07. The first-order valence-corrected chi connectivity index (χ1v) is 9.97. The smallest absolute Gasteiger partial charge is 0.161 e. The summed E-state index contributed by atoms with van der Waals surface area (Å²) in [6, 6.07) is 17.0. The Labute approximate surface area is 172 Å². The zero-order chi connectivity index (χ0) is 20.4. The van der Waals surface area contributed by atoms with Gasteiger partial charge in [-0.05, 0) is 54.7 Å². The number of fused-ring (bicyclic) bond motifs is 1.